The van der Waals surface area contributed by atoms with Gasteiger partial charge in [-0.3, -0.25) is 4.98 Å². The van der Waals surface area contributed by atoms with Crippen molar-refractivity contribution in [1.82, 2.24) is 4.98 Å². The number of anilines is 1. The van der Waals surface area contributed by atoms with E-state index in [1.54, 1.807) is 18.2 Å². The SMILES string of the molecule is Nc1c2c(nc3ccccc13)CCCC2C(F)(F)F. The first-order valence-electron chi connectivity index (χ1n) is 6.22. The van der Waals surface area contributed by atoms with Crippen LogP contribution in [0, 0.1) is 0 Å². The third kappa shape index (κ3) is 1.93. The molecule has 0 radical (unpaired) electrons. The van der Waals surface area contributed by atoms with Crippen molar-refractivity contribution in [2.24, 2.45) is 0 Å². The lowest BCUT2D eigenvalue weighted by atomic mass is 9.83. The van der Waals surface area contributed by atoms with Crippen molar-refractivity contribution in [2.45, 2.75) is 31.4 Å². The highest BCUT2D eigenvalue weighted by molar-refractivity contribution is 5.92. The van der Waals surface area contributed by atoms with Crippen molar-refractivity contribution < 1.29 is 13.2 Å². The third-order valence-corrected chi connectivity index (χ3v) is 3.70. The van der Waals surface area contributed by atoms with Crippen LogP contribution in [0.2, 0.25) is 0 Å². The maximum Gasteiger partial charge on any atom is 0.395 e. The van der Waals surface area contributed by atoms with Crippen molar-refractivity contribution in [1.29, 1.82) is 0 Å². The van der Waals surface area contributed by atoms with Crippen LogP contribution < -0.4 is 5.73 Å². The summed E-state index contributed by atoms with van der Waals surface area (Å²) in [5, 5.41) is 0.609. The maximum atomic E-state index is 13.1. The van der Waals surface area contributed by atoms with Crippen LogP contribution in [-0.4, -0.2) is 11.2 Å². The van der Waals surface area contributed by atoms with Crippen LogP contribution in [0.25, 0.3) is 10.9 Å². The van der Waals surface area contributed by atoms with E-state index in [4.69, 9.17) is 5.73 Å². The minimum absolute atomic E-state index is 0.0979. The molecule has 0 spiro atoms. The summed E-state index contributed by atoms with van der Waals surface area (Å²) in [6, 6.07) is 7.08. The number of nitrogens with zero attached hydrogens (tertiary/aromatic N) is 1. The van der Waals surface area contributed by atoms with Gasteiger partial charge in [-0.25, -0.2) is 0 Å². The quantitative estimate of drug-likeness (QED) is 0.787. The van der Waals surface area contributed by atoms with E-state index in [-0.39, 0.29) is 17.7 Å². The molecule has 2 N–H and O–H groups in total. The molecule has 2 nitrogen and oxygen atoms in total. The molecule has 1 heterocycles. The number of aryl methyl sites for hydroxylation is 1. The zero-order valence-corrected chi connectivity index (χ0v) is 10.2. The third-order valence-electron chi connectivity index (χ3n) is 3.70. The molecule has 0 bridgehead atoms. The highest BCUT2D eigenvalue weighted by Gasteiger charge is 2.44. The predicted molar refractivity (Wildman–Crippen MR) is 67.9 cm³/mol. The fourth-order valence-corrected chi connectivity index (χ4v) is 2.83. The molecule has 2 aromatic rings. The minimum Gasteiger partial charge on any atom is -0.398 e. The molecular formula is C14H13F3N2. The first kappa shape index (κ1) is 12.3. The number of nitrogen functional groups attached to an aromatic ring is 1. The van der Waals surface area contributed by atoms with Gasteiger partial charge in [0.1, 0.15) is 0 Å². The fraction of sp³-hybridized carbons (Fsp3) is 0.357. The number of rotatable bonds is 0. The van der Waals surface area contributed by atoms with Gasteiger partial charge in [-0.15, -0.1) is 0 Å². The standard InChI is InChI=1S/C14H13F3N2/c15-14(16,17)9-5-3-7-11-12(9)13(18)8-4-1-2-6-10(8)19-11/h1-2,4,6,9H,3,5,7H2,(H2,18,19). The second kappa shape index (κ2) is 4.11. The first-order chi connectivity index (χ1) is 8.98. The van der Waals surface area contributed by atoms with Gasteiger partial charge in [0.25, 0.3) is 0 Å². The fourth-order valence-electron chi connectivity index (χ4n) is 2.83. The summed E-state index contributed by atoms with van der Waals surface area (Å²) in [5.41, 5.74) is 7.59. The highest BCUT2D eigenvalue weighted by Crippen LogP contribution is 2.46. The number of para-hydroxylation sites is 1. The smallest absolute Gasteiger partial charge is 0.395 e. The predicted octanol–water partition coefficient (Wildman–Crippen LogP) is 3.80. The van der Waals surface area contributed by atoms with E-state index < -0.39 is 12.1 Å². The number of benzene rings is 1. The molecule has 3 rings (SSSR count). The van der Waals surface area contributed by atoms with Gasteiger partial charge in [0.05, 0.1) is 11.4 Å². The largest absolute Gasteiger partial charge is 0.398 e. The van der Waals surface area contributed by atoms with Crippen LogP contribution in [0.15, 0.2) is 24.3 Å². The number of alkyl halides is 3. The van der Waals surface area contributed by atoms with E-state index in [1.165, 1.54) is 0 Å². The minimum atomic E-state index is -4.26. The summed E-state index contributed by atoms with van der Waals surface area (Å²) in [4.78, 5) is 4.36. The Balaban J connectivity index is 2.29. The van der Waals surface area contributed by atoms with Crippen molar-refractivity contribution >= 4 is 16.6 Å². The average molecular weight is 266 g/mol. The van der Waals surface area contributed by atoms with Gasteiger partial charge in [0.2, 0.25) is 0 Å². The zero-order chi connectivity index (χ0) is 13.6. The molecule has 1 aliphatic carbocycles. The Morgan fingerprint density at radius 3 is 2.68 bits per heavy atom. The van der Waals surface area contributed by atoms with Crippen LogP contribution in [-0.2, 0) is 6.42 Å². The molecule has 1 unspecified atom stereocenters. The normalized spacial score (nSPS) is 19.4. The lowest BCUT2D eigenvalue weighted by Crippen LogP contribution is -2.26. The topological polar surface area (TPSA) is 38.9 Å². The summed E-state index contributed by atoms with van der Waals surface area (Å²) >= 11 is 0. The first-order valence-corrected chi connectivity index (χ1v) is 6.22. The maximum absolute atomic E-state index is 13.1. The molecule has 0 saturated heterocycles. The molecule has 1 aliphatic rings. The number of hydrogen-bond donors (Lipinski definition) is 1. The molecule has 5 heteroatoms. The summed E-state index contributed by atoms with van der Waals surface area (Å²) in [6.45, 7) is 0. The average Bonchev–Trinajstić information content (AvgIpc) is 2.37. The summed E-state index contributed by atoms with van der Waals surface area (Å²) in [6.07, 6.45) is -3.09. The lowest BCUT2D eigenvalue weighted by molar-refractivity contribution is -0.153. The molecule has 100 valence electrons. The van der Waals surface area contributed by atoms with E-state index in [9.17, 15) is 13.2 Å². The van der Waals surface area contributed by atoms with Gasteiger partial charge in [0.15, 0.2) is 0 Å². The molecule has 0 aliphatic heterocycles. The molecule has 0 saturated carbocycles. The van der Waals surface area contributed by atoms with Gasteiger partial charge in [-0.2, -0.15) is 13.2 Å². The molecule has 1 aromatic heterocycles. The number of pyridine rings is 1. The molecule has 19 heavy (non-hydrogen) atoms. The van der Waals surface area contributed by atoms with Crippen LogP contribution in [0.4, 0.5) is 18.9 Å². The summed E-state index contributed by atoms with van der Waals surface area (Å²) in [7, 11) is 0. The van der Waals surface area contributed by atoms with Gasteiger partial charge in [0, 0.05) is 22.3 Å². The van der Waals surface area contributed by atoms with E-state index in [0.717, 1.165) is 0 Å². The van der Waals surface area contributed by atoms with Crippen molar-refractivity contribution in [3.8, 4) is 0 Å². The van der Waals surface area contributed by atoms with Crippen LogP contribution in [0.1, 0.15) is 30.0 Å². The number of nitrogens with two attached hydrogens (primary N) is 1. The van der Waals surface area contributed by atoms with E-state index in [1.807, 2.05) is 6.07 Å². The summed E-state index contributed by atoms with van der Waals surface area (Å²) < 4.78 is 39.4. The van der Waals surface area contributed by atoms with Gasteiger partial charge < -0.3 is 5.73 Å². The Labute approximate surface area is 108 Å². The Hall–Kier alpha value is -1.78. The lowest BCUT2D eigenvalue weighted by Gasteiger charge is -2.28. The highest BCUT2D eigenvalue weighted by atomic mass is 19.4. The second-order valence-electron chi connectivity index (χ2n) is 4.89. The number of hydrogen-bond acceptors (Lipinski definition) is 2. The van der Waals surface area contributed by atoms with Gasteiger partial charge >= 0.3 is 6.18 Å². The van der Waals surface area contributed by atoms with Crippen LogP contribution in [0.3, 0.4) is 0 Å². The Bertz CT molecular complexity index is 634. The van der Waals surface area contributed by atoms with E-state index >= 15 is 0 Å². The zero-order valence-electron chi connectivity index (χ0n) is 10.2. The molecule has 0 amide bonds. The number of fused-ring (bicyclic) bond motifs is 2. The molecular weight excluding hydrogens is 253 g/mol. The van der Waals surface area contributed by atoms with Gasteiger partial charge in [-0.05, 0) is 25.3 Å². The molecule has 1 aromatic carbocycles. The Morgan fingerprint density at radius 2 is 1.95 bits per heavy atom. The van der Waals surface area contributed by atoms with Gasteiger partial charge in [-0.1, -0.05) is 18.2 Å². The molecule has 1 atom stereocenters. The Kier molecular flexibility index (Phi) is 2.66. The Morgan fingerprint density at radius 1 is 1.21 bits per heavy atom. The second-order valence-corrected chi connectivity index (χ2v) is 4.89. The number of aromatic nitrogens is 1. The van der Waals surface area contributed by atoms with E-state index in [0.29, 0.717) is 29.4 Å². The van der Waals surface area contributed by atoms with Crippen molar-refractivity contribution in [3.63, 3.8) is 0 Å². The van der Waals surface area contributed by atoms with Crippen molar-refractivity contribution in [2.75, 3.05) is 5.73 Å². The van der Waals surface area contributed by atoms with Crippen molar-refractivity contribution in [3.05, 3.63) is 35.5 Å². The van der Waals surface area contributed by atoms with E-state index in [2.05, 4.69) is 4.98 Å². The summed E-state index contributed by atoms with van der Waals surface area (Å²) in [5.74, 6) is -1.48. The van der Waals surface area contributed by atoms with Crippen LogP contribution in [0.5, 0.6) is 0 Å². The molecule has 0 fully saturated rings. The van der Waals surface area contributed by atoms with Crippen LogP contribution >= 0.6 is 0 Å². The number of halogens is 3. The monoisotopic (exact) mass is 266 g/mol.